The number of thiophene rings is 1. The van der Waals surface area contributed by atoms with Gasteiger partial charge in [-0.1, -0.05) is 5.21 Å². The van der Waals surface area contributed by atoms with Crippen molar-refractivity contribution in [3.8, 4) is 0 Å². The third-order valence-electron chi connectivity index (χ3n) is 4.86. The van der Waals surface area contributed by atoms with E-state index in [1.54, 1.807) is 4.68 Å². The molecule has 0 unspecified atom stereocenters. The van der Waals surface area contributed by atoms with Crippen molar-refractivity contribution in [1.29, 1.82) is 0 Å². The van der Waals surface area contributed by atoms with Crippen molar-refractivity contribution in [2.45, 2.75) is 37.4 Å². The maximum atomic E-state index is 12.6. The van der Waals surface area contributed by atoms with Gasteiger partial charge in [-0.15, -0.1) is 5.10 Å². The van der Waals surface area contributed by atoms with Crippen LogP contribution >= 0.6 is 23.1 Å². The quantitative estimate of drug-likeness (QED) is 0.852. The molecule has 128 valence electrons. The number of nitrogens with one attached hydrogen (secondary N) is 1. The van der Waals surface area contributed by atoms with E-state index in [0.717, 1.165) is 42.9 Å². The van der Waals surface area contributed by atoms with E-state index < -0.39 is 0 Å². The Hall–Kier alpha value is -1.38. The summed E-state index contributed by atoms with van der Waals surface area (Å²) in [4.78, 5) is 12.6. The summed E-state index contributed by atoms with van der Waals surface area (Å²) in [6, 6.07) is 1.75. The molecule has 1 atom stereocenters. The summed E-state index contributed by atoms with van der Waals surface area (Å²) in [6.45, 7) is 0. The highest BCUT2D eigenvalue weighted by Crippen LogP contribution is 2.38. The van der Waals surface area contributed by atoms with Crippen molar-refractivity contribution in [3.05, 3.63) is 34.3 Å². The second-order valence-corrected chi connectivity index (χ2v) is 8.61. The first kappa shape index (κ1) is 16.1. The minimum atomic E-state index is -0.365. The number of hydrogen-bond donors (Lipinski definition) is 2. The van der Waals surface area contributed by atoms with Gasteiger partial charge < -0.3 is 11.1 Å². The van der Waals surface area contributed by atoms with Crippen molar-refractivity contribution < 1.29 is 4.79 Å². The van der Waals surface area contributed by atoms with Gasteiger partial charge in [-0.05, 0) is 54.6 Å². The van der Waals surface area contributed by atoms with Crippen molar-refractivity contribution in [1.82, 2.24) is 20.3 Å². The highest BCUT2D eigenvalue weighted by molar-refractivity contribution is 7.99. The zero-order valence-electron chi connectivity index (χ0n) is 13.4. The lowest BCUT2D eigenvalue weighted by atomic mass is 9.91. The Bertz CT molecular complexity index is 704. The number of aromatic nitrogens is 3. The molecule has 6 nitrogen and oxygen atoms in total. The number of rotatable bonds is 5. The summed E-state index contributed by atoms with van der Waals surface area (Å²) in [6.07, 6.45) is 5.96. The van der Waals surface area contributed by atoms with Gasteiger partial charge in [0.15, 0.2) is 0 Å². The topological polar surface area (TPSA) is 85.8 Å². The molecule has 1 amide bonds. The fourth-order valence-electron chi connectivity index (χ4n) is 3.09. The van der Waals surface area contributed by atoms with Crippen molar-refractivity contribution in [2.75, 3.05) is 11.5 Å². The molecule has 8 heteroatoms. The van der Waals surface area contributed by atoms with Crippen LogP contribution in [0, 0.1) is 5.92 Å². The summed E-state index contributed by atoms with van der Waals surface area (Å²) in [5, 5.41) is 15.6. The number of carbonyl (C=O) groups excluding carboxylic acids is 1. The molecular weight excluding hydrogens is 342 g/mol. The first-order chi connectivity index (χ1) is 11.7. The predicted molar refractivity (Wildman–Crippen MR) is 96.0 cm³/mol. The molecule has 0 radical (unpaired) electrons. The number of amides is 1. The standard InChI is InChI=1S/C16H21N5OS2/c17-16(4-5-16)21-9-13(19-20-21)14(11-1-6-23-7-2-11)18-15(22)12-3-8-24-10-12/h3,8-11,14H,1-2,4-7,17H2,(H,18,22)/t14-/m0/s1. The van der Waals surface area contributed by atoms with Gasteiger partial charge in [0, 0.05) is 5.38 Å². The smallest absolute Gasteiger partial charge is 0.252 e. The van der Waals surface area contributed by atoms with Crippen LogP contribution in [0.2, 0.25) is 0 Å². The Kier molecular flexibility index (Phi) is 4.36. The Balaban J connectivity index is 1.57. The minimum absolute atomic E-state index is 0.0390. The van der Waals surface area contributed by atoms with Gasteiger partial charge in [-0.25, -0.2) is 4.68 Å². The third-order valence-corrected chi connectivity index (χ3v) is 6.59. The van der Waals surface area contributed by atoms with Crippen LogP contribution in [-0.2, 0) is 5.66 Å². The molecule has 0 aromatic carbocycles. The Morgan fingerprint density at radius 1 is 1.42 bits per heavy atom. The molecule has 0 spiro atoms. The summed E-state index contributed by atoms with van der Waals surface area (Å²) in [7, 11) is 0. The molecule has 3 heterocycles. The molecule has 1 aliphatic heterocycles. The zero-order valence-corrected chi connectivity index (χ0v) is 15.0. The lowest BCUT2D eigenvalue weighted by molar-refractivity contribution is 0.0918. The minimum Gasteiger partial charge on any atom is -0.343 e. The number of thioether (sulfide) groups is 1. The van der Waals surface area contributed by atoms with Gasteiger partial charge >= 0.3 is 0 Å². The van der Waals surface area contributed by atoms with Gasteiger partial charge in [0.1, 0.15) is 11.4 Å². The Morgan fingerprint density at radius 2 is 2.21 bits per heavy atom. The zero-order chi connectivity index (χ0) is 16.6. The molecule has 1 aliphatic carbocycles. The van der Waals surface area contributed by atoms with E-state index in [0.29, 0.717) is 11.5 Å². The summed E-state index contributed by atoms with van der Waals surface area (Å²) < 4.78 is 1.77. The molecule has 3 N–H and O–H groups in total. The third kappa shape index (κ3) is 3.22. The maximum Gasteiger partial charge on any atom is 0.252 e. The van der Waals surface area contributed by atoms with Crippen molar-refractivity contribution >= 4 is 29.0 Å². The number of hydrogen-bond acceptors (Lipinski definition) is 6. The number of nitrogens with two attached hydrogens (primary N) is 1. The lowest BCUT2D eigenvalue weighted by Gasteiger charge is -2.29. The summed E-state index contributed by atoms with van der Waals surface area (Å²) >= 11 is 3.50. The van der Waals surface area contributed by atoms with E-state index in [1.807, 2.05) is 34.8 Å². The first-order valence-corrected chi connectivity index (χ1v) is 10.4. The molecule has 2 aliphatic rings. The normalized spacial score (nSPS) is 21.4. The van der Waals surface area contributed by atoms with E-state index in [1.165, 1.54) is 11.3 Å². The molecule has 2 fully saturated rings. The monoisotopic (exact) mass is 363 g/mol. The van der Waals surface area contributed by atoms with Crippen LogP contribution < -0.4 is 11.1 Å². The fourth-order valence-corrected chi connectivity index (χ4v) is 4.87. The highest BCUT2D eigenvalue weighted by Gasteiger charge is 2.42. The largest absolute Gasteiger partial charge is 0.343 e. The molecule has 2 aromatic heterocycles. The highest BCUT2D eigenvalue weighted by atomic mass is 32.2. The molecule has 1 saturated heterocycles. The Labute approximate surface area is 149 Å². The Morgan fingerprint density at radius 3 is 2.88 bits per heavy atom. The van der Waals surface area contributed by atoms with Crippen LogP contribution in [0.25, 0.3) is 0 Å². The van der Waals surface area contributed by atoms with Crippen LogP contribution in [-0.4, -0.2) is 32.4 Å². The van der Waals surface area contributed by atoms with Crippen LogP contribution in [0.3, 0.4) is 0 Å². The average molecular weight is 364 g/mol. The average Bonchev–Trinajstić information content (AvgIpc) is 3.04. The van der Waals surface area contributed by atoms with E-state index in [9.17, 15) is 4.79 Å². The second kappa shape index (κ2) is 6.50. The molecule has 24 heavy (non-hydrogen) atoms. The second-order valence-electron chi connectivity index (χ2n) is 6.60. The summed E-state index contributed by atoms with van der Waals surface area (Å²) in [5.74, 6) is 2.62. The van der Waals surface area contributed by atoms with Gasteiger partial charge in [0.05, 0.1) is 17.8 Å². The van der Waals surface area contributed by atoms with Gasteiger partial charge in [-0.3, -0.25) is 4.79 Å². The van der Waals surface area contributed by atoms with Crippen LogP contribution in [0.15, 0.2) is 23.0 Å². The number of carbonyl (C=O) groups is 1. The number of nitrogens with zero attached hydrogens (tertiary/aromatic N) is 3. The van der Waals surface area contributed by atoms with Crippen molar-refractivity contribution in [2.24, 2.45) is 11.7 Å². The van der Waals surface area contributed by atoms with Crippen LogP contribution in [0.5, 0.6) is 0 Å². The molecule has 1 saturated carbocycles. The van der Waals surface area contributed by atoms with E-state index in [-0.39, 0.29) is 17.6 Å². The van der Waals surface area contributed by atoms with E-state index in [4.69, 9.17) is 5.73 Å². The fraction of sp³-hybridized carbons (Fsp3) is 0.562. The molecule has 4 rings (SSSR count). The van der Waals surface area contributed by atoms with E-state index in [2.05, 4.69) is 15.6 Å². The van der Waals surface area contributed by atoms with Crippen molar-refractivity contribution in [3.63, 3.8) is 0 Å². The SMILES string of the molecule is NC1(n2cc([C@@H](NC(=O)c3ccsc3)C3CCSCC3)nn2)CC1. The van der Waals surface area contributed by atoms with Gasteiger partial charge in [0.25, 0.3) is 5.91 Å². The maximum absolute atomic E-state index is 12.6. The van der Waals surface area contributed by atoms with Crippen LogP contribution in [0.1, 0.15) is 47.8 Å². The van der Waals surface area contributed by atoms with Crippen LogP contribution in [0.4, 0.5) is 0 Å². The summed E-state index contributed by atoms with van der Waals surface area (Å²) in [5.41, 5.74) is 7.38. The van der Waals surface area contributed by atoms with E-state index >= 15 is 0 Å². The first-order valence-electron chi connectivity index (χ1n) is 8.28. The van der Waals surface area contributed by atoms with Gasteiger partial charge in [-0.2, -0.15) is 23.1 Å². The lowest BCUT2D eigenvalue weighted by Crippen LogP contribution is -2.35. The molecular formula is C16H21N5OS2. The molecule has 2 aromatic rings. The van der Waals surface area contributed by atoms with Gasteiger partial charge in [0.2, 0.25) is 0 Å². The predicted octanol–water partition coefficient (Wildman–Crippen LogP) is 2.36. The molecule has 0 bridgehead atoms.